The van der Waals surface area contributed by atoms with E-state index in [4.69, 9.17) is 0 Å². The van der Waals surface area contributed by atoms with Crippen molar-refractivity contribution in [1.29, 1.82) is 0 Å². The van der Waals surface area contributed by atoms with Gasteiger partial charge >= 0.3 is 0 Å². The third-order valence-corrected chi connectivity index (χ3v) is 4.82. The van der Waals surface area contributed by atoms with Crippen molar-refractivity contribution >= 4 is 9.84 Å². The van der Waals surface area contributed by atoms with Crippen molar-refractivity contribution < 1.29 is 13.5 Å². The molecule has 0 aromatic carbocycles. The Hall–Kier alpha value is -0.0900. The largest absolute Gasteiger partial charge is 0.377 e. The molecule has 0 fully saturated rings. The smallest absolute Gasteiger partial charge is 0.176 e. The fourth-order valence-corrected chi connectivity index (χ4v) is 3.04. The zero-order chi connectivity index (χ0) is 12.4. The first kappa shape index (κ1) is 15.9. The Balaban J connectivity index is 3.51. The maximum atomic E-state index is 11.4. The number of aliphatic hydroxyl groups excluding tert-OH is 1. The van der Waals surface area contributed by atoms with E-state index in [9.17, 15) is 13.5 Å². The SMILES string of the molecule is CCCCCCCCCS(=O)(=O)C(O)CC. The Morgan fingerprint density at radius 2 is 1.44 bits per heavy atom. The van der Waals surface area contributed by atoms with Gasteiger partial charge in [0.2, 0.25) is 0 Å². The topological polar surface area (TPSA) is 54.4 Å². The standard InChI is InChI=1S/C12H26O3S/c1-3-5-6-7-8-9-10-11-16(14,15)12(13)4-2/h12-13H,3-11H2,1-2H3. The Labute approximate surface area is 100 Å². The molecule has 0 heterocycles. The number of aliphatic hydroxyl groups is 1. The van der Waals surface area contributed by atoms with Crippen molar-refractivity contribution in [2.45, 2.75) is 70.7 Å². The lowest BCUT2D eigenvalue weighted by atomic mass is 10.1. The molecule has 0 aliphatic carbocycles. The molecule has 1 N–H and O–H groups in total. The third kappa shape index (κ3) is 7.23. The zero-order valence-electron chi connectivity index (χ0n) is 10.6. The number of rotatable bonds is 10. The summed E-state index contributed by atoms with van der Waals surface area (Å²) in [5, 5.41) is 9.27. The lowest BCUT2D eigenvalue weighted by Crippen LogP contribution is -2.22. The molecule has 0 aromatic heterocycles. The molecule has 0 radical (unpaired) electrons. The molecule has 0 aliphatic rings. The second kappa shape index (κ2) is 8.99. The van der Waals surface area contributed by atoms with Gasteiger partial charge in [0.1, 0.15) is 0 Å². The van der Waals surface area contributed by atoms with Crippen molar-refractivity contribution in [3.8, 4) is 0 Å². The lowest BCUT2D eigenvalue weighted by Gasteiger charge is -2.09. The minimum atomic E-state index is -3.25. The quantitative estimate of drug-likeness (QED) is 0.607. The van der Waals surface area contributed by atoms with Crippen molar-refractivity contribution in [1.82, 2.24) is 0 Å². The summed E-state index contributed by atoms with van der Waals surface area (Å²) in [4.78, 5) is 0. The molecule has 98 valence electrons. The van der Waals surface area contributed by atoms with Gasteiger partial charge in [-0.05, 0) is 12.8 Å². The molecule has 1 unspecified atom stereocenters. The van der Waals surface area contributed by atoms with Gasteiger partial charge in [-0.3, -0.25) is 0 Å². The predicted molar refractivity (Wildman–Crippen MR) is 68.1 cm³/mol. The summed E-state index contributed by atoms with van der Waals surface area (Å²) >= 11 is 0. The van der Waals surface area contributed by atoms with Crippen molar-refractivity contribution in [3.05, 3.63) is 0 Å². The van der Waals surface area contributed by atoms with Crippen LogP contribution in [-0.2, 0) is 9.84 Å². The number of sulfone groups is 1. The van der Waals surface area contributed by atoms with Gasteiger partial charge in [0.05, 0.1) is 5.75 Å². The highest BCUT2D eigenvalue weighted by atomic mass is 32.2. The second-order valence-electron chi connectivity index (χ2n) is 4.35. The summed E-state index contributed by atoms with van der Waals surface area (Å²) in [6.07, 6.45) is 8.00. The molecule has 0 aliphatic heterocycles. The van der Waals surface area contributed by atoms with Crippen LogP contribution in [0.2, 0.25) is 0 Å². The third-order valence-electron chi connectivity index (χ3n) is 2.80. The Morgan fingerprint density at radius 1 is 0.938 bits per heavy atom. The van der Waals surface area contributed by atoms with Crippen LogP contribution in [0.3, 0.4) is 0 Å². The van der Waals surface area contributed by atoms with Crippen LogP contribution < -0.4 is 0 Å². The number of unbranched alkanes of at least 4 members (excludes halogenated alkanes) is 6. The van der Waals surface area contributed by atoms with Crippen LogP contribution in [0.25, 0.3) is 0 Å². The summed E-state index contributed by atoms with van der Waals surface area (Å²) in [5.41, 5.74) is -1.16. The normalized spacial score (nSPS) is 13.9. The molecule has 0 rings (SSSR count). The Morgan fingerprint density at radius 3 is 1.94 bits per heavy atom. The maximum absolute atomic E-state index is 11.4. The van der Waals surface area contributed by atoms with Gasteiger partial charge in [-0.1, -0.05) is 52.4 Å². The number of hydrogen-bond donors (Lipinski definition) is 1. The maximum Gasteiger partial charge on any atom is 0.176 e. The van der Waals surface area contributed by atoms with E-state index in [0.717, 1.165) is 12.8 Å². The molecule has 0 amide bonds. The van der Waals surface area contributed by atoms with E-state index in [1.54, 1.807) is 6.92 Å². The molecule has 16 heavy (non-hydrogen) atoms. The van der Waals surface area contributed by atoms with Gasteiger partial charge in [0.25, 0.3) is 0 Å². The summed E-state index contributed by atoms with van der Waals surface area (Å²) in [6, 6.07) is 0. The second-order valence-corrected chi connectivity index (χ2v) is 6.63. The van der Waals surface area contributed by atoms with Crippen molar-refractivity contribution in [2.24, 2.45) is 0 Å². The van der Waals surface area contributed by atoms with Crippen LogP contribution in [-0.4, -0.2) is 24.7 Å². The summed E-state index contributed by atoms with van der Waals surface area (Å²) in [6.45, 7) is 3.87. The average Bonchev–Trinajstić information content (AvgIpc) is 2.26. The van der Waals surface area contributed by atoms with E-state index in [1.165, 1.54) is 25.7 Å². The van der Waals surface area contributed by atoms with E-state index in [-0.39, 0.29) is 5.75 Å². The highest BCUT2D eigenvalue weighted by Crippen LogP contribution is 2.10. The van der Waals surface area contributed by atoms with Crippen LogP contribution in [0.1, 0.15) is 65.2 Å². The predicted octanol–water partition coefficient (Wildman–Crippen LogP) is 2.88. The first-order chi connectivity index (χ1) is 7.54. The molecule has 1 atom stereocenters. The zero-order valence-corrected chi connectivity index (χ0v) is 11.4. The highest BCUT2D eigenvalue weighted by molar-refractivity contribution is 7.91. The lowest BCUT2D eigenvalue weighted by molar-refractivity contribution is 0.244. The van der Waals surface area contributed by atoms with Gasteiger partial charge in [-0.15, -0.1) is 0 Å². The van der Waals surface area contributed by atoms with Gasteiger partial charge < -0.3 is 5.11 Å². The Bertz CT molecular complexity index is 247. The van der Waals surface area contributed by atoms with Crippen LogP contribution in [0.4, 0.5) is 0 Å². The van der Waals surface area contributed by atoms with Crippen molar-refractivity contribution in [3.63, 3.8) is 0 Å². The molecule has 0 spiro atoms. The minimum Gasteiger partial charge on any atom is -0.377 e. The molecule has 0 saturated carbocycles. The molecular formula is C12H26O3S. The van der Waals surface area contributed by atoms with Crippen LogP contribution >= 0.6 is 0 Å². The molecular weight excluding hydrogens is 224 g/mol. The minimum absolute atomic E-state index is 0.135. The van der Waals surface area contributed by atoms with E-state index in [2.05, 4.69) is 6.92 Å². The molecule has 3 nitrogen and oxygen atoms in total. The molecule has 4 heteroatoms. The van der Waals surface area contributed by atoms with Crippen LogP contribution in [0.15, 0.2) is 0 Å². The van der Waals surface area contributed by atoms with Gasteiger partial charge in [0.15, 0.2) is 15.3 Å². The summed E-state index contributed by atoms with van der Waals surface area (Å²) < 4.78 is 22.9. The van der Waals surface area contributed by atoms with Gasteiger partial charge in [0, 0.05) is 0 Å². The fourth-order valence-electron chi connectivity index (χ4n) is 1.65. The Kier molecular flexibility index (Phi) is 8.94. The van der Waals surface area contributed by atoms with Crippen molar-refractivity contribution in [2.75, 3.05) is 5.75 Å². The van der Waals surface area contributed by atoms with E-state index in [0.29, 0.717) is 12.8 Å². The molecule has 0 bridgehead atoms. The number of hydrogen-bond acceptors (Lipinski definition) is 3. The first-order valence-electron chi connectivity index (χ1n) is 6.44. The summed E-state index contributed by atoms with van der Waals surface area (Å²) in [5.74, 6) is 0.135. The highest BCUT2D eigenvalue weighted by Gasteiger charge is 2.19. The van der Waals surface area contributed by atoms with Crippen LogP contribution in [0.5, 0.6) is 0 Å². The van der Waals surface area contributed by atoms with E-state index < -0.39 is 15.3 Å². The van der Waals surface area contributed by atoms with Crippen LogP contribution in [0, 0.1) is 0 Å². The average molecular weight is 250 g/mol. The summed E-state index contributed by atoms with van der Waals surface area (Å²) in [7, 11) is -3.25. The fraction of sp³-hybridized carbons (Fsp3) is 1.00. The van der Waals surface area contributed by atoms with E-state index >= 15 is 0 Å². The van der Waals surface area contributed by atoms with E-state index in [1.807, 2.05) is 0 Å². The van der Waals surface area contributed by atoms with Gasteiger partial charge in [-0.2, -0.15) is 0 Å². The van der Waals surface area contributed by atoms with Gasteiger partial charge in [-0.25, -0.2) is 8.42 Å². The monoisotopic (exact) mass is 250 g/mol. The molecule has 0 saturated heterocycles. The first-order valence-corrected chi connectivity index (χ1v) is 8.15. The molecule has 0 aromatic rings.